The smallest absolute Gasteiger partial charge is 0.226 e. The Morgan fingerprint density at radius 3 is 1.97 bits per heavy atom. The summed E-state index contributed by atoms with van der Waals surface area (Å²) in [6, 6.07) is 25.3. The molecule has 1 amide bonds. The van der Waals surface area contributed by atoms with Gasteiger partial charge in [-0.1, -0.05) is 93.9 Å². The van der Waals surface area contributed by atoms with Crippen LogP contribution in [0.3, 0.4) is 0 Å². The molecule has 1 N–H and O–H groups in total. The van der Waals surface area contributed by atoms with E-state index in [1.807, 2.05) is 18.2 Å². The fourth-order valence-corrected chi connectivity index (χ4v) is 3.99. The van der Waals surface area contributed by atoms with E-state index in [4.69, 9.17) is 0 Å². The Kier molecular flexibility index (Phi) is 8.10. The summed E-state index contributed by atoms with van der Waals surface area (Å²) in [4.78, 5) is 15.3. The second-order valence-corrected chi connectivity index (χ2v) is 9.16. The lowest BCUT2D eigenvalue weighted by molar-refractivity contribution is -0.116. The molecule has 3 nitrogen and oxygen atoms in total. The molecule has 0 saturated heterocycles. The normalized spacial score (nSPS) is 11.1. The second-order valence-electron chi connectivity index (χ2n) is 9.16. The number of hydrogen-bond donors (Lipinski definition) is 1. The number of hydrogen-bond acceptors (Lipinski definition) is 2. The molecule has 0 heterocycles. The van der Waals surface area contributed by atoms with Gasteiger partial charge in [0, 0.05) is 30.9 Å². The average molecular weight is 429 g/mol. The van der Waals surface area contributed by atoms with Crippen molar-refractivity contribution < 1.29 is 4.79 Å². The Hall–Kier alpha value is -3.07. The van der Waals surface area contributed by atoms with Gasteiger partial charge in [-0.25, -0.2) is 0 Å². The van der Waals surface area contributed by atoms with Gasteiger partial charge >= 0.3 is 0 Å². The maximum Gasteiger partial charge on any atom is 0.226 e. The summed E-state index contributed by atoms with van der Waals surface area (Å²) in [5, 5.41) is 3.25. The maximum atomic E-state index is 13.1. The number of nitrogens with one attached hydrogen (secondary N) is 1. The summed E-state index contributed by atoms with van der Waals surface area (Å²) in [5.41, 5.74) is 7.02. The number of amides is 1. The first-order valence-electron chi connectivity index (χ1n) is 11.6. The van der Waals surface area contributed by atoms with Crippen molar-refractivity contribution in [3.8, 4) is 0 Å². The molecule has 3 aromatic carbocycles. The van der Waals surface area contributed by atoms with E-state index in [-0.39, 0.29) is 5.91 Å². The third-order valence-electron chi connectivity index (χ3n) is 5.86. The van der Waals surface area contributed by atoms with Crippen molar-refractivity contribution in [2.45, 2.75) is 59.4 Å². The first-order chi connectivity index (χ1) is 15.3. The van der Waals surface area contributed by atoms with E-state index < -0.39 is 0 Å². The predicted octanol–water partition coefficient (Wildman–Crippen LogP) is 7.28. The molecule has 0 aromatic heterocycles. The van der Waals surface area contributed by atoms with Crippen LogP contribution in [0.25, 0.3) is 0 Å². The number of aryl methyl sites for hydroxylation is 1. The van der Waals surface area contributed by atoms with Crippen molar-refractivity contribution >= 4 is 17.3 Å². The van der Waals surface area contributed by atoms with E-state index in [2.05, 4.69) is 99.4 Å². The fourth-order valence-electron chi connectivity index (χ4n) is 3.99. The maximum absolute atomic E-state index is 13.1. The molecule has 0 aliphatic heterocycles. The fraction of sp³-hybridized carbons (Fsp3) is 0.345. The molecule has 0 bridgehead atoms. The van der Waals surface area contributed by atoms with Crippen LogP contribution in [-0.4, -0.2) is 12.5 Å². The lowest BCUT2D eigenvalue weighted by Gasteiger charge is -2.25. The van der Waals surface area contributed by atoms with E-state index in [0.29, 0.717) is 24.8 Å². The molecule has 0 spiro atoms. The number of carbonyl (C=O) groups is 1. The summed E-state index contributed by atoms with van der Waals surface area (Å²) in [6.45, 7) is 12.2. The lowest BCUT2D eigenvalue weighted by Crippen LogP contribution is -2.28. The average Bonchev–Trinajstić information content (AvgIpc) is 2.78. The molecule has 0 atom stereocenters. The molecule has 0 fully saturated rings. The van der Waals surface area contributed by atoms with Crippen molar-refractivity contribution in [2.75, 3.05) is 16.8 Å². The zero-order chi connectivity index (χ0) is 23.1. The van der Waals surface area contributed by atoms with Crippen molar-refractivity contribution in [3.63, 3.8) is 0 Å². The van der Waals surface area contributed by atoms with Gasteiger partial charge in [0.25, 0.3) is 0 Å². The van der Waals surface area contributed by atoms with Gasteiger partial charge in [0.1, 0.15) is 0 Å². The topological polar surface area (TPSA) is 32.3 Å². The minimum absolute atomic E-state index is 0.0600. The summed E-state index contributed by atoms with van der Waals surface area (Å²) in [5.74, 6) is 0.766. The summed E-state index contributed by atoms with van der Waals surface area (Å²) >= 11 is 0. The SMILES string of the molecule is Cc1ccc(CN(CCC(=O)Nc2c(C(C)C)cccc2C(C)C)c2ccccc2)cc1. The van der Waals surface area contributed by atoms with E-state index in [1.165, 1.54) is 22.3 Å². The first-order valence-corrected chi connectivity index (χ1v) is 11.6. The monoisotopic (exact) mass is 428 g/mol. The Balaban J connectivity index is 1.75. The zero-order valence-corrected chi connectivity index (χ0v) is 20.1. The largest absolute Gasteiger partial charge is 0.367 e. The minimum Gasteiger partial charge on any atom is -0.367 e. The molecule has 32 heavy (non-hydrogen) atoms. The molecule has 3 heteroatoms. The van der Waals surface area contributed by atoms with Crippen LogP contribution in [-0.2, 0) is 11.3 Å². The molecule has 3 aromatic rings. The third-order valence-corrected chi connectivity index (χ3v) is 5.86. The van der Waals surface area contributed by atoms with Gasteiger partial charge in [-0.15, -0.1) is 0 Å². The molecule has 0 aliphatic carbocycles. The van der Waals surface area contributed by atoms with E-state index in [9.17, 15) is 4.79 Å². The Labute approximate surface area is 193 Å². The Morgan fingerprint density at radius 2 is 1.41 bits per heavy atom. The first kappa shape index (κ1) is 23.6. The number of carbonyl (C=O) groups excluding carboxylic acids is 1. The molecule has 0 aliphatic rings. The van der Waals surface area contributed by atoms with Crippen LogP contribution >= 0.6 is 0 Å². The van der Waals surface area contributed by atoms with Gasteiger partial charge in [0.2, 0.25) is 5.91 Å². The van der Waals surface area contributed by atoms with Crippen LogP contribution in [0.2, 0.25) is 0 Å². The van der Waals surface area contributed by atoms with Gasteiger partial charge in [0.15, 0.2) is 0 Å². The molecule has 0 radical (unpaired) electrons. The summed E-state index contributed by atoms with van der Waals surface area (Å²) < 4.78 is 0. The highest BCUT2D eigenvalue weighted by Gasteiger charge is 2.17. The van der Waals surface area contributed by atoms with Gasteiger partial charge in [0.05, 0.1) is 0 Å². The molecule has 168 valence electrons. The lowest BCUT2D eigenvalue weighted by atomic mass is 9.92. The van der Waals surface area contributed by atoms with Crippen LogP contribution in [0.15, 0.2) is 72.8 Å². The van der Waals surface area contributed by atoms with Crippen LogP contribution in [0.4, 0.5) is 11.4 Å². The van der Waals surface area contributed by atoms with E-state index in [0.717, 1.165) is 17.9 Å². The third kappa shape index (κ3) is 6.23. The van der Waals surface area contributed by atoms with Gasteiger partial charge in [-0.3, -0.25) is 4.79 Å². The van der Waals surface area contributed by atoms with E-state index >= 15 is 0 Å². The number of para-hydroxylation sites is 2. The standard InChI is InChI=1S/C29H36N2O/c1-21(2)26-12-9-13-27(22(3)4)29(26)30-28(32)18-19-31(25-10-7-6-8-11-25)20-24-16-14-23(5)15-17-24/h6-17,21-22H,18-20H2,1-5H3,(H,30,32). The Bertz CT molecular complexity index is 981. The number of nitrogens with zero attached hydrogens (tertiary/aromatic N) is 1. The molecule has 0 unspecified atom stereocenters. The predicted molar refractivity (Wildman–Crippen MR) is 137 cm³/mol. The van der Waals surface area contributed by atoms with Gasteiger partial charge in [-0.2, -0.15) is 0 Å². The Morgan fingerprint density at radius 1 is 0.812 bits per heavy atom. The van der Waals surface area contributed by atoms with Crippen LogP contribution in [0.1, 0.15) is 68.2 Å². The van der Waals surface area contributed by atoms with Gasteiger partial charge in [-0.05, 0) is 47.6 Å². The van der Waals surface area contributed by atoms with Crippen LogP contribution in [0.5, 0.6) is 0 Å². The highest BCUT2D eigenvalue weighted by molar-refractivity contribution is 5.93. The quantitative estimate of drug-likeness (QED) is 0.388. The van der Waals surface area contributed by atoms with Crippen molar-refractivity contribution in [2.24, 2.45) is 0 Å². The molecule has 0 saturated carbocycles. The molecule has 3 rings (SSSR count). The summed E-state index contributed by atoms with van der Waals surface area (Å²) in [6.07, 6.45) is 0.435. The van der Waals surface area contributed by atoms with Crippen molar-refractivity contribution in [1.82, 2.24) is 0 Å². The highest BCUT2D eigenvalue weighted by atomic mass is 16.1. The highest BCUT2D eigenvalue weighted by Crippen LogP contribution is 2.32. The van der Waals surface area contributed by atoms with Crippen molar-refractivity contribution in [3.05, 3.63) is 95.1 Å². The number of rotatable bonds is 9. The molecular formula is C29H36N2O. The number of benzene rings is 3. The van der Waals surface area contributed by atoms with Gasteiger partial charge < -0.3 is 10.2 Å². The minimum atomic E-state index is 0.0600. The van der Waals surface area contributed by atoms with Crippen LogP contribution < -0.4 is 10.2 Å². The zero-order valence-electron chi connectivity index (χ0n) is 20.1. The number of anilines is 2. The van der Waals surface area contributed by atoms with Crippen LogP contribution in [0, 0.1) is 6.92 Å². The summed E-state index contributed by atoms with van der Waals surface area (Å²) in [7, 11) is 0. The van der Waals surface area contributed by atoms with E-state index in [1.54, 1.807) is 0 Å². The molecular weight excluding hydrogens is 392 g/mol. The van der Waals surface area contributed by atoms with Crippen molar-refractivity contribution in [1.29, 1.82) is 0 Å². The second kappa shape index (κ2) is 11.0.